The summed E-state index contributed by atoms with van der Waals surface area (Å²) in [5.74, 6) is -0.122. The van der Waals surface area contributed by atoms with Crippen LogP contribution in [0.25, 0.3) is 10.9 Å². The van der Waals surface area contributed by atoms with Crippen LogP contribution in [0.3, 0.4) is 0 Å². The minimum Gasteiger partial charge on any atom is -0.461 e. The van der Waals surface area contributed by atoms with Crippen LogP contribution < -0.4 is 5.43 Å². The zero-order valence-electron chi connectivity index (χ0n) is 15.0. The zero-order chi connectivity index (χ0) is 19.9. The van der Waals surface area contributed by atoms with E-state index in [1.807, 2.05) is 24.3 Å². The van der Waals surface area contributed by atoms with E-state index in [9.17, 15) is 14.9 Å². The Morgan fingerprint density at radius 1 is 1.18 bits per heavy atom. The fourth-order valence-electron chi connectivity index (χ4n) is 2.51. The van der Waals surface area contributed by atoms with Crippen molar-refractivity contribution < 1.29 is 14.5 Å². The minimum atomic E-state index is -0.577. The summed E-state index contributed by atoms with van der Waals surface area (Å²) in [6.07, 6.45) is 1.55. The van der Waals surface area contributed by atoms with Gasteiger partial charge in [-0.25, -0.2) is 14.8 Å². The van der Waals surface area contributed by atoms with Crippen LogP contribution in [0.2, 0.25) is 0 Å². The molecule has 1 aromatic heterocycles. The number of esters is 1. The molecule has 9 nitrogen and oxygen atoms in total. The predicted octanol–water partition coefficient (Wildman–Crippen LogP) is 3.11. The summed E-state index contributed by atoms with van der Waals surface area (Å²) < 4.78 is 5.06. The van der Waals surface area contributed by atoms with Gasteiger partial charge >= 0.3 is 5.97 Å². The van der Waals surface area contributed by atoms with Crippen molar-refractivity contribution in [1.29, 1.82) is 0 Å². The number of rotatable bonds is 7. The standard InChI is InChI=1S/C19H17N5O4/c1-2-28-19(25)17(11-13-7-9-14(10-8-13)24(26)27)22-23-18-15-5-3-4-6-16(15)20-12-21-18/h3-10,12H,2,11H2,1H3,(H,20,21,23)/b22-17-. The number of fused-ring (bicyclic) bond motifs is 1. The smallest absolute Gasteiger partial charge is 0.354 e. The number of non-ortho nitro benzene ring substituents is 1. The average Bonchev–Trinajstić information content (AvgIpc) is 2.71. The Bertz CT molecular complexity index is 1030. The fraction of sp³-hybridized carbons (Fsp3) is 0.158. The number of ether oxygens (including phenoxy) is 1. The second-order valence-corrected chi connectivity index (χ2v) is 5.73. The molecule has 0 fully saturated rings. The van der Waals surface area contributed by atoms with E-state index in [1.165, 1.54) is 18.5 Å². The van der Waals surface area contributed by atoms with Crippen LogP contribution in [0.1, 0.15) is 12.5 Å². The Kier molecular flexibility index (Phi) is 5.85. The van der Waals surface area contributed by atoms with Crippen LogP contribution in [0, 0.1) is 10.1 Å². The second-order valence-electron chi connectivity index (χ2n) is 5.73. The summed E-state index contributed by atoms with van der Waals surface area (Å²) >= 11 is 0. The first-order chi connectivity index (χ1) is 13.6. The summed E-state index contributed by atoms with van der Waals surface area (Å²) in [6.45, 7) is 1.90. The van der Waals surface area contributed by atoms with Crippen LogP contribution in [0.4, 0.5) is 11.5 Å². The number of benzene rings is 2. The Balaban J connectivity index is 1.86. The number of hydrogen-bond donors (Lipinski definition) is 1. The molecule has 0 aliphatic heterocycles. The third-order valence-corrected chi connectivity index (χ3v) is 3.87. The molecule has 0 aliphatic rings. The summed E-state index contributed by atoms with van der Waals surface area (Å²) in [4.78, 5) is 30.9. The van der Waals surface area contributed by atoms with E-state index in [4.69, 9.17) is 4.74 Å². The van der Waals surface area contributed by atoms with Gasteiger partial charge in [0.2, 0.25) is 0 Å². The molecule has 0 saturated heterocycles. The van der Waals surface area contributed by atoms with Crippen LogP contribution >= 0.6 is 0 Å². The minimum absolute atomic E-state index is 0.0241. The van der Waals surface area contributed by atoms with Gasteiger partial charge in [0.1, 0.15) is 12.0 Å². The molecule has 1 N–H and O–H groups in total. The highest BCUT2D eigenvalue weighted by Crippen LogP contribution is 2.18. The summed E-state index contributed by atoms with van der Waals surface area (Å²) in [5.41, 5.74) is 4.33. The van der Waals surface area contributed by atoms with Crippen molar-refractivity contribution in [2.45, 2.75) is 13.3 Å². The van der Waals surface area contributed by atoms with Crippen molar-refractivity contribution in [2.24, 2.45) is 5.10 Å². The van der Waals surface area contributed by atoms with Gasteiger partial charge < -0.3 is 4.74 Å². The number of hydrogen-bond acceptors (Lipinski definition) is 8. The van der Waals surface area contributed by atoms with Gasteiger partial charge in [-0.3, -0.25) is 15.5 Å². The van der Waals surface area contributed by atoms with Gasteiger partial charge in [0.05, 0.1) is 17.0 Å². The van der Waals surface area contributed by atoms with E-state index >= 15 is 0 Å². The molecule has 0 unspecified atom stereocenters. The van der Waals surface area contributed by atoms with E-state index in [2.05, 4.69) is 20.5 Å². The van der Waals surface area contributed by atoms with Crippen LogP contribution in [0.15, 0.2) is 60.0 Å². The molecule has 3 rings (SSSR count). The molecule has 0 aliphatic carbocycles. The van der Waals surface area contributed by atoms with Crippen molar-refractivity contribution in [3.05, 3.63) is 70.5 Å². The highest BCUT2D eigenvalue weighted by atomic mass is 16.6. The molecule has 0 saturated carbocycles. The van der Waals surface area contributed by atoms with E-state index in [0.29, 0.717) is 11.4 Å². The molecule has 0 spiro atoms. The molecule has 2 aromatic carbocycles. The van der Waals surface area contributed by atoms with E-state index in [0.717, 1.165) is 10.9 Å². The van der Waals surface area contributed by atoms with Crippen molar-refractivity contribution in [3.63, 3.8) is 0 Å². The lowest BCUT2D eigenvalue weighted by molar-refractivity contribution is -0.384. The first kappa shape index (κ1) is 18.9. The second kappa shape index (κ2) is 8.67. The first-order valence-electron chi connectivity index (χ1n) is 8.51. The van der Waals surface area contributed by atoms with Crippen molar-refractivity contribution in [3.8, 4) is 0 Å². The van der Waals surface area contributed by atoms with E-state index in [1.54, 1.807) is 19.1 Å². The Morgan fingerprint density at radius 3 is 2.64 bits per heavy atom. The molecule has 1 heterocycles. The normalized spacial score (nSPS) is 11.2. The number of aromatic nitrogens is 2. The van der Waals surface area contributed by atoms with Gasteiger partial charge in [0, 0.05) is 23.9 Å². The number of carbonyl (C=O) groups is 1. The Labute approximate surface area is 160 Å². The SMILES string of the molecule is CCOC(=O)/C(Cc1ccc([N+](=O)[O-])cc1)=N\Nc1ncnc2ccccc12. The quantitative estimate of drug-likeness (QED) is 0.290. The average molecular weight is 379 g/mol. The Morgan fingerprint density at radius 2 is 1.93 bits per heavy atom. The van der Waals surface area contributed by atoms with Gasteiger partial charge in [-0.15, -0.1) is 0 Å². The molecule has 0 amide bonds. The number of nitrogens with zero attached hydrogens (tertiary/aromatic N) is 4. The molecule has 9 heteroatoms. The zero-order valence-corrected chi connectivity index (χ0v) is 15.0. The third kappa shape index (κ3) is 4.44. The number of nitrogens with one attached hydrogen (secondary N) is 1. The fourth-order valence-corrected chi connectivity index (χ4v) is 2.51. The summed E-state index contributed by atoms with van der Waals surface area (Å²) in [7, 11) is 0. The van der Waals surface area contributed by atoms with Crippen LogP contribution in [-0.2, 0) is 16.0 Å². The maximum absolute atomic E-state index is 12.3. The number of nitro groups is 1. The molecule has 0 bridgehead atoms. The van der Waals surface area contributed by atoms with Crippen LogP contribution in [-0.4, -0.2) is 33.2 Å². The number of para-hydroxylation sites is 1. The number of anilines is 1. The maximum Gasteiger partial charge on any atom is 0.354 e. The summed E-state index contributed by atoms with van der Waals surface area (Å²) in [5, 5.41) is 15.7. The summed E-state index contributed by atoms with van der Waals surface area (Å²) in [6, 6.07) is 13.3. The van der Waals surface area contributed by atoms with Crippen molar-refractivity contribution in [1.82, 2.24) is 9.97 Å². The Hall–Kier alpha value is -3.88. The first-order valence-corrected chi connectivity index (χ1v) is 8.51. The van der Waals surface area contributed by atoms with Gasteiger partial charge in [-0.2, -0.15) is 5.10 Å². The lowest BCUT2D eigenvalue weighted by atomic mass is 10.1. The number of carbonyl (C=O) groups excluding carboxylic acids is 1. The lowest BCUT2D eigenvalue weighted by Crippen LogP contribution is -2.21. The predicted molar refractivity (Wildman–Crippen MR) is 104 cm³/mol. The highest BCUT2D eigenvalue weighted by molar-refractivity contribution is 6.37. The molecular weight excluding hydrogens is 362 g/mol. The van der Waals surface area contributed by atoms with Crippen LogP contribution in [0.5, 0.6) is 0 Å². The van der Waals surface area contributed by atoms with Crippen molar-refractivity contribution in [2.75, 3.05) is 12.0 Å². The molecule has 0 atom stereocenters. The topological polar surface area (TPSA) is 120 Å². The maximum atomic E-state index is 12.3. The van der Waals surface area contributed by atoms with E-state index in [-0.39, 0.29) is 24.4 Å². The van der Waals surface area contributed by atoms with Gasteiger partial charge in [0.25, 0.3) is 5.69 Å². The molecule has 3 aromatic rings. The van der Waals surface area contributed by atoms with Gasteiger partial charge in [0.15, 0.2) is 5.82 Å². The highest BCUT2D eigenvalue weighted by Gasteiger charge is 2.15. The van der Waals surface area contributed by atoms with Crippen molar-refractivity contribution >= 4 is 34.1 Å². The van der Waals surface area contributed by atoms with Gasteiger partial charge in [-0.05, 0) is 24.6 Å². The molecule has 0 radical (unpaired) electrons. The van der Waals surface area contributed by atoms with Gasteiger partial charge in [-0.1, -0.05) is 24.3 Å². The molecule has 142 valence electrons. The monoisotopic (exact) mass is 379 g/mol. The number of hydrazone groups is 1. The van der Waals surface area contributed by atoms with E-state index < -0.39 is 10.9 Å². The third-order valence-electron chi connectivity index (χ3n) is 3.87. The number of nitro benzene ring substituents is 1. The lowest BCUT2D eigenvalue weighted by Gasteiger charge is -2.08. The molecule has 28 heavy (non-hydrogen) atoms. The molecular formula is C19H17N5O4. The largest absolute Gasteiger partial charge is 0.461 e.